The van der Waals surface area contributed by atoms with E-state index in [1.807, 2.05) is 0 Å². The zero-order chi connectivity index (χ0) is 18.9. The van der Waals surface area contributed by atoms with Crippen molar-refractivity contribution < 1.29 is 23.0 Å². The summed E-state index contributed by atoms with van der Waals surface area (Å²) in [6.45, 7) is 0.559. The van der Waals surface area contributed by atoms with Crippen molar-refractivity contribution in [2.75, 3.05) is 28.7 Å². The number of halogens is 2. The Balaban J connectivity index is 1.97. The summed E-state index contributed by atoms with van der Waals surface area (Å²) in [5.74, 6) is -2.08. The fourth-order valence-corrected chi connectivity index (χ4v) is 4.73. The summed E-state index contributed by atoms with van der Waals surface area (Å²) < 4.78 is 51.3. The van der Waals surface area contributed by atoms with Gasteiger partial charge in [-0.05, 0) is 48.7 Å². The van der Waals surface area contributed by atoms with Gasteiger partial charge in [-0.2, -0.15) is 0 Å². The summed E-state index contributed by atoms with van der Waals surface area (Å²) in [4.78, 5) is 0. The lowest BCUT2D eigenvalue weighted by molar-refractivity contribution is 0.167. The molecular weight excluding hydrogens is 364 g/mol. The lowest BCUT2D eigenvalue weighted by atomic mass is 10.2. The summed E-state index contributed by atoms with van der Waals surface area (Å²) in [7, 11) is -1.82. The number of fused-ring (bicyclic) bond motifs is 1. The molecule has 3 rings (SSSR count). The maximum absolute atomic E-state index is 13.7. The van der Waals surface area contributed by atoms with E-state index in [1.54, 1.807) is 31.3 Å². The molecule has 1 aliphatic heterocycles. The Morgan fingerprint density at radius 3 is 2.42 bits per heavy atom. The average molecular weight is 385 g/mol. The molecular formula is C17H21F2N3O3S. The van der Waals surface area contributed by atoms with Gasteiger partial charge in [0.25, 0.3) is 0 Å². The number of rotatable bonds is 6. The molecule has 0 bridgehead atoms. The molecule has 6 nitrogen and oxygen atoms in total. The highest BCUT2D eigenvalue weighted by atomic mass is 32.3. The molecule has 2 aromatic rings. The smallest absolute Gasteiger partial charge is 0.160 e. The summed E-state index contributed by atoms with van der Waals surface area (Å²) in [5, 5.41) is 12.8. The molecule has 1 atom stereocenters. The summed E-state index contributed by atoms with van der Waals surface area (Å²) in [5.41, 5.74) is 1.16. The number of benzene rings is 2. The number of aliphatic hydroxyl groups excluding tert-OH is 1. The average Bonchev–Trinajstić information content (AvgIpc) is 2.82. The Morgan fingerprint density at radius 1 is 1.08 bits per heavy atom. The van der Waals surface area contributed by atoms with Crippen LogP contribution in [0, 0.1) is 11.6 Å². The zero-order valence-electron chi connectivity index (χ0n) is 14.1. The predicted octanol–water partition coefficient (Wildman–Crippen LogP) is 3.47. The first-order valence-electron chi connectivity index (χ1n) is 8.09. The second kappa shape index (κ2) is 7.37. The van der Waals surface area contributed by atoms with Crippen LogP contribution >= 0.6 is 11.0 Å². The van der Waals surface area contributed by atoms with Crippen LogP contribution in [0.3, 0.4) is 0 Å². The Labute approximate surface area is 152 Å². The van der Waals surface area contributed by atoms with Crippen LogP contribution in [-0.4, -0.2) is 40.5 Å². The standard InChI is InChI=1S/C17H21F2N3O3S/c1-20-11-13(23)8-9-21-16-4-2-3-5-17(16)22(26(21,24)25)12-6-7-14(18)15(19)10-12/h2-7,10,13,20,23-25H,8-9,11H2,1H3/t13-/m0/s1. The number of nitrogens with one attached hydrogen (secondary N) is 1. The first kappa shape index (κ1) is 18.9. The molecule has 1 heterocycles. The van der Waals surface area contributed by atoms with Gasteiger partial charge in [0, 0.05) is 19.2 Å². The molecule has 0 amide bonds. The summed E-state index contributed by atoms with van der Waals surface area (Å²) >= 11 is 0. The van der Waals surface area contributed by atoms with Gasteiger partial charge in [0.05, 0.1) is 23.2 Å². The predicted molar refractivity (Wildman–Crippen MR) is 99.7 cm³/mol. The summed E-state index contributed by atoms with van der Waals surface area (Å²) in [6, 6.07) is 10.0. The van der Waals surface area contributed by atoms with Crippen LogP contribution in [0.2, 0.25) is 0 Å². The van der Waals surface area contributed by atoms with Crippen molar-refractivity contribution in [1.29, 1.82) is 0 Å². The first-order valence-corrected chi connectivity index (χ1v) is 9.55. The van der Waals surface area contributed by atoms with Gasteiger partial charge >= 0.3 is 0 Å². The topological polar surface area (TPSA) is 79.2 Å². The lowest BCUT2D eigenvalue weighted by Crippen LogP contribution is -2.34. The molecule has 9 heteroatoms. The molecule has 0 radical (unpaired) electrons. The Hall–Kier alpha value is -1.91. The molecule has 0 aliphatic carbocycles. The van der Waals surface area contributed by atoms with Gasteiger partial charge in [-0.1, -0.05) is 12.1 Å². The largest absolute Gasteiger partial charge is 0.392 e. The van der Waals surface area contributed by atoms with Gasteiger partial charge < -0.3 is 10.4 Å². The van der Waals surface area contributed by atoms with Crippen LogP contribution < -0.4 is 13.9 Å². The third kappa shape index (κ3) is 3.36. The van der Waals surface area contributed by atoms with E-state index >= 15 is 0 Å². The molecule has 142 valence electrons. The Morgan fingerprint density at radius 2 is 1.77 bits per heavy atom. The molecule has 4 N–H and O–H groups in total. The van der Waals surface area contributed by atoms with Crippen molar-refractivity contribution in [2.24, 2.45) is 0 Å². The molecule has 26 heavy (non-hydrogen) atoms. The minimum Gasteiger partial charge on any atom is -0.392 e. The van der Waals surface area contributed by atoms with Crippen molar-refractivity contribution >= 4 is 28.0 Å². The molecule has 0 spiro atoms. The van der Waals surface area contributed by atoms with Gasteiger partial charge in [0.1, 0.15) is 0 Å². The maximum Gasteiger partial charge on any atom is 0.160 e. The van der Waals surface area contributed by atoms with Crippen LogP contribution in [-0.2, 0) is 0 Å². The van der Waals surface area contributed by atoms with Gasteiger partial charge in [0.2, 0.25) is 0 Å². The third-order valence-electron chi connectivity index (χ3n) is 4.15. The van der Waals surface area contributed by atoms with E-state index in [2.05, 4.69) is 5.32 Å². The monoisotopic (exact) mass is 385 g/mol. The van der Waals surface area contributed by atoms with Crippen LogP contribution in [0.4, 0.5) is 25.8 Å². The highest BCUT2D eigenvalue weighted by Crippen LogP contribution is 2.64. The maximum atomic E-state index is 13.7. The van der Waals surface area contributed by atoms with E-state index in [0.29, 0.717) is 24.3 Å². The zero-order valence-corrected chi connectivity index (χ0v) is 15.0. The van der Waals surface area contributed by atoms with Gasteiger partial charge in [-0.15, -0.1) is 0 Å². The van der Waals surface area contributed by atoms with E-state index < -0.39 is 28.7 Å². The molecule has 1 aliphatic rings. The van der Waals surface area contributed by atoms with Crippen molar-refractivity contribution in [3.63, 3.8) is 0 Å². The van der Waals surface area contributed by atoms with E-state index in [0.717, 1.165) is 12.1 Å². The number of para-hydroxylation sites is 2. The number of aliphatic hydroxyl groups is 1. The Bertz CT molecular complexity index is 794. The number of likely N-dealkylation sites (N-methyl/N-ethyl adjacent to an activating group) is 1. The van der Waals surface area contributed by atoms with Gasteiger partial charge in [-0.25, -0.2) is 13.1 Å². The third-order valence-corrected chi connectivity index (χ3v) is 6.02. The summed E-state index contributed by atoms with van der Waals surface area (Å²) in [6.07, 6.45) is -0.351. The molecule has 0 fully saturated rings. The van der Waals surface area contributed by atoms with Crippen molar-refractivity contribution in [2.45, 2.75) is 12.5 Å². The number of anilines is 3. The van der Waals surface area contributed by atoms with Crippen LogP contribution in [0.15, 0.2) is 42.5 Å². The second-order valence-corrected chi connectivity index (χ2v) is 7.76. The first-order chi connectivity index (χ1) is 12.4. The normalized spacial score (nSPS) is 17.9. The van der Waals surface area contributed by atoms with Crippen molar-refractivity contribution in [1.82, 2.24) is 5.32 Å². The number of hydrogen-bond acceptors (Lipinski definition) is 6. The van der Waals surface area contributed by atoms with E-state index in [-0.39, 0.29) is 12.2 Å². The molecule has 0 saturated heterocycles. The molecule has 0 unspecified atom stereocenters. The second-order valence-electron chi connectivity index (χ2n) is 5.97. The molecule has 2 aromatic carbocycles. The minimum absolute atomic E-state index is 0.134. The quantitative estimate of drug-likeness (QED) is 0.610. The minimum atomic E-state index is -3.53. The molecule has 0 aromatic heterocycles. The number of nitrogens with zero attached hydrogens (tertiary/aromatic N) is 2. The van der Waals surface area contributed by atoms with Crippen LogP contribution in [0.5, 0.6) is 0 Å². The van der Waals surface area contributed by atoms with Gasteiger partial charge in [-0.3, -0.25) is 13.4 Å². The van der Waals surface area contributed by atoms with E-state index in [9.17, 15) is 23.0 Å². The van der Waals surface area contributed by atoms with Crippen LogP contribution in [0.1, 0.15) is 6.42 Å². The lowest BCUT2D eigenvalue weighted by Gasteiger charge is -2.44. The Kier molecular flexibility index (Phi) is 5.35. The van der Waals surface area contributed by atoms with Gasteiger partial charge in [0.15, 0.2) is 11.6 Å². The molecule has 0 saturated carbocycles. The SMILES string of the molecule is CNC[C@@H](O)CCN1c2ccccc2N(c2ccc(F)c(F)c2)S1(O)O. The van der Waals surface area contributed by atoms with Crippen molar-refractivity contribution in [3.8, 4) is 0 Å². The fourth-order valence-electron chi connectivity index (χ4n) is 2.95. The van der Waals surface area contributed by atoms with Crippen molar-refractivity contribution in [3.05, 3.63) is 54.1 Å². The highest BCUT2D eigenvalue weighted by Gasteiger charge is 2.41. The van der Waals surface area contributed by atoms with E-state index in [1.165, 1.54) is 14.7 Å². The van der Waals surface area contributed by atoms with E-state index in [4.69, 9.17) is 0 Å². The highest BCUT2D eigenvalue weighted by molar-refractivity contribution is 8.27. The van der Waals surface area contributed by atoms with Crippen LogP contribution in [0.25, 0.3) is 0 Å². The fraction of sp³-hybridized carbons (Fsp3) is 0.294. The number of hydrogen-bond donors (Lipinski definition) is 4.